The van der Waals surface area contributed by atoms with Gasteiger partial charge in [0.15, 0.2) is 0 Å². The number of hydrogen-bond acceptors (Lipinski definition) is 3. The van der Waals surface area contributed by atoms with Crippen LogP contribution in [0.15, 0.2) is 18.2 Å². The predicted octanol–water partition coefficient (Wildman–Crippen LogP) is 2.87. The molecule has 1 aromatic rings. The Bertz CT molecular complexity index is 502. The highest BCUT2D eigenvalue weighted by Crippen LogP contribution is 2.37. The molecule has 0 amide bonds. The summed E-state index contributed by atoms with van der Waals surface area (Å²) in [4.78, 5) is 0. The van der Waals surface area contributed by atoms with Gasteiger partial charge in [-0.2, -0.15) is 0 Å². The molecule has 1 aliphatic heterocycles. The van der Waals surface area contributed by atoms with E-state index in [0.717, 1.165) is 16.7 Å². The van der Waals surface area contributed by atoms with Crippen molar-refractivity contribution in [1.29, 1.82) is 0 Å². The van der Waals surface area contributed by atoms with Crippen LogP contribution in [-0.2, 0) is 14.7 Å². The molecule has 1 saturated heterocycles. The average Bonchev–Trinajstić information content (AvgIpc) is 2.47. The number of nitrogens with two attached hydrogens (primary N) is 1. The van der Waals surface area contributed by atoms with Gasteiger partial charge in [-0.15, -0.1) is 0 Å². The van der Waals surface area contributed by atoms with E-state index >= 15 is 0 Å². The third-order valence-electron chi connectivity index (χ3n) is 4.41. The second-order valence-electron chi connectivity index (χ2n) is 7.68. The van der Waals surface area contributed by atoms with Crippen LogP contribution in [0.4, 0.5) is 5.69 Å². The Morgan fingerprint density at radius 3 is 1.95 bits per heavy atom. The summed E-state index contributed by atoms with van der Waals surface area (Å²) in [6.07, 6.45) is 0. The topological polar surface area (TPSA) is 44.5 Å². The Morgan fingerprint density at radius 2 is 1.50 bits per heavy atom. The summed E-state index contributed by atoms with van der Waals surface area (Å²) in [6.45, 7) is 14.7. The fourth-order valence-electron chi connectivity index (χ4n) is 2.35. The molecule has 110 valence electrons. The minimum Gasteiger partial charge on any atom is -0.399 e. The van der Waals surface area contributed by atoms with Crippen molar-refractivity contribution in [2.45, 2.75) is 65.1 Å². The SMILES string of the molecule is CC(C)(C)c1cc(B2OC(C)(C)C(C)(C)O2)ccc1N. The van der Waals surface area contributed by atoms with Crippen molar-refractivity contribution in [3.8, 4) is 0 Å². The molecule has 1 aromatic carbocycles. The molecule has 1 heterocycles. The minimum absolute atomic E-state index is 0.00370. The van der Waals surface area contributed by atoms with E-state index in [1.807, 2.05) is 12.1 Å². The van der Waals surface area contributed by atoms with E-state index in [4.69, 9.17) is 15.0 Å². The number of rotatable bonds is 1. The maximum absolute atomic E-state index is 6.10. The second kappa shape index (κ2) is 4.50. The Balaban J connectivity index is 2.37. The van der Waals surface area contributed by atoms with Crippen LogP contribution in [0, 0.1) is 0 Å². The molecular formula is C16H26BNO2. The predicted molar refractivity (Wildman–Crippen MR) is 85.3 cm³/mol. The number of anilines is 1. The molecule has 0 radical (unpaired) electrons. The fourth-order valence-corrected chi connectivity index (χ4v) is 2.35. The van der Waals surface area contributed by atoms with Crippen molar-refractivity contribution in [2.75, 3.05) is 5.73 Å². The van der Waals surface area contributed by atoms with E-state index < -0.39 is 0 Å². The molecule has 3 nitrogen and oxygen atoms in total. The van der Waals surface area contributed by atoms with Crippen LogP contribution >= 0.6 is 0 Å². The minimum atomic E-state index is -0.332. The van der Waals surface area contributed by atoms with Gasteiger partial charge in [-0.05, 0) is 50.2 Å². The second-order valence-corrected chi connectivity index (χ2v) is 7.68. The molecule has 0 aliphatic carbocycles. The zero-order valence-corrected chi connectivity index (χ0v) is 13.7. The van der Waals surface area contributed by atoms with Crippen molar-refractivity contribution in [2.24, 2.45) is 0 Å². The van der Waals surface area contributed by atoms with Crippen LogP contribution < -0.4 is 11.2 Å². The molecule has 1 fully saturated rings. The fraction of sp³-hybridized carbons (Fsp3) is 0.625. The molecule has 2 N–H and O–H groups in total. The number of benzene rings is 1. The van der Waals surface area contributed by atoms with Gasteiger partial charge in [0.2, 0.25) is 0 Å². The molecule has 0 aromatic heterocycles. The molecule has 0 spiro atoms. The van der Waals surface area contributed by atoms with Crippen molar-refractivity contribution in [1.82, 2.24) is 0 Å². The number of hydrogen-bond donors (Lipinski definition) is 1. The van der Waals surface area contributed by atoms with Gasteiger partial charge >= 0.3 is 7.12 Å². The lowest BCUT2D eigenvalue weighted by atomic mass is 9.75. The molecule has 20 heavy (non-hydrogen) atoms. The maximum Gasteiger partial charge on any atom is 0.494 e. The summed E-state index contributed by atoms with van der Waals surface area (Å²) in [6, 6.07) is 6.05. The molecule has 4 heteroatoms. The quantitative estimate of drug-likeness (QED) is 0.633. The van der Waals surface area contributed by atoms with Crippen molar-refractivity contribution in [3.63, 3.8) is 0 Å². The largest absolute Gasteiger partial charge is 0.494 e. The van der Waals surface area contributed by atoms with Gasteiger partial charge in [-0.3, -0.25) is 0 Å². The first-order valence-electron chi connectivity index (χ1n) is 7.20. The van der Waals surface area contributed by atoms with Crippen LogP contribution in [0.2, 0.25) is 0 Å². The maximum atomic E-state index is 6.10. The third kappa shape index (κ3) is 2.59. The summed E-state index contributed by atoms with van der Waals surface area (Å²) < 4.78 is 12.2. The van der Waals surface area contributed by atoms with E-state index in [0.29, 0.717) is 0 Å². The first kappa shape index (κ1) is 15.4. The van der Waals surface area contributed by atoms with Gasteiger partial charge in [0.25, 0.3) is 0 Å². The lowest BCUT2D eigenvalue weighted by molar-refractivity contribution is 0.00578. The van der Waals surface area contributed by atoms with E-state index in [-0.39, 0.29) is 23.7 Å². The van der Waals surface area contributed by atoms with Gasteiger partial charge < -0.3 is 15.0 Å². The molecule has 0 unspecified atom stereocenters. The van der Waals surface area contributed by atoms with Crippen LogP contribution in [0.5, 0.6) is 0 Å². The van der Waals surface area contributed by atoms with Crippen molar-refractivity contribution in [3.05, 3.63) is 23.8 Å². The van der Waals surface area contributed by atoms with Gasteiger partial charge in [-0.1, -0.05) is 32.9 Å². The molecule has 0 atom stereocenters. The highest BCUT2D eigenvalue weighted by atomic mass is 16.7. The Labute approximate surface area is 123 Å². The first-order chi connectivity index (χ1) is 8.94. The number of nitrogen functional groups attached to an aromatic ring is 1. The lowest BCUT2D eigenvalue weighted by Crippen LogP contribution is -2.41. The van der Waals surface area contributed by atoms with Crippen molar-refractivity contribution < 1.29 is 9.31 Å². The van der Waals surface area contributed by atoms with Gasteiger partial charge in [0, 0.05) is 5.69 Å². The molecule has 1 aliphatic rings. The van der Waals surface area contributed by atoms with Crippen LogP contribution in [0.3, 0.4) is 0 Å². The van der Waals surface area contributed by atoms with Crippen LogP contribution in [-0.4, -0.2) is 18.3 Å². The molecule has 0 saturated carbocycles. The van der Waals surface area contributed by atoms with Gasteiger partial charge in [-0.25, -0.2) is 0 Å². The van der Waals surface area contributed by atoms with Crippen LogP contribution in [0.1, 0.15) is 54.0 Å². The Kier molecular flexibility index (Phi) is 3.47. The smallest absolute Gasteiger partial charge is 0.399 e. The first-order valence-corrected chi connectivity index (χ1v) is 7.20. The van der Waals surface area contributed by atoms with Gasteiger partial charge in [0.05, 0.1) is 11.2 Å². The normalized spacial score (nSPS) is 21.2. The lowest BCUT2D eigenvalue weighted by Gasteiger charge is -2.32. The summed E-state index contributed by atoms with van der Waals surface area (Å²) in [7, 11) is -0.332. The standard InChI is InChI=1S/C16H26BNO2/c1-14(2,3)12-10-11(8-9-13(12)18)17-19-15(4,5)16(6,7)20-17/h8-10H,18H2,1-7H3. The highest BCUT2D eigenvalue weighted by molar-refractivity contribution is 6.62. The van der Waals surface area contributed by atoms with Crippen molar-refractivity contribution >= 4 is 18.3 Å². The zero-order chi connectivity index (χ0) is 15.3. The Hall–Kier alpha value is -0.995. The van der Waals surface area contributed by atoms with E-state index in [2.05, 4.69) is 54.5 Å². The molecule has 0 bridgehead atoms. The van der Waals surface area contributed by atoms with E-state index in [1.165, 1.54) is 0 Å². The summed E-state index contributed by atoms with van der Waals surface area (Å²) in [5, 5.41) is 0. The van der Waals surface area contributed by atoms with Gasteiger partial charge in [0.1, 0.15) is 0 Å². The summed E-state index contributed by atoms with van der Waals surface area (Å²) in [5.41, 5.74) is 8.44. The zero-order valence-electron chi connectivity index (χ0n) is 13.7. The van der Waals surface area contributed by atoms with E-state index in [9.17, 15) is 0 Å². The molecular weight excluding hydrogens is 249 g/mol. The average molecular weight is 275 g/mol. The molecule has 2 rings (SSSR count). The van der Waals surface area contributed by atoms with E-state index in [1.54, 1.807) is 0 Å². The van der Waals surface area contributed by atoms with Crippen LogP contribution in [0.25, 0.3) is 0 Å². The summed E-state index contributed by atoms with van der Waals surface area (Å²) >= 11 is 0. The monoisotopic (exact) mass is 275 g/mol. The third-order valence-corrected chi connectivity index (χ3v) is 4.41. The highest BCUT2D eigenvalue weighted by Gasteiger charge is 2.51. The summed E-state index contributed by atoms with van der Waals surface area (Å²) in [5.74, 6) is 0. The Morgan fingerprint density at radius 1 is 1.00 bits per heavy atom.